The highest BCUT2D eigenvalue weighted by atomic mass is 35.5. The number of benzene rings is 2. The minimum Gasteiger partial charge on any atom is -0.507 e. The molecule has 37 heavy (non-hydrogen) atoms. The zero-order valence-electron chi connectivity index (χ0n) is 20.9. The molecule has 0 aliphatic heterocycles. The Hall–Kier alpha value is -2.24. The molecule has 0 fully saturated rings. The number of hydrogen-bond donors (Lipinski definition) is 3. The summed E-state index contributed by atoms with van der Waals surface area (Å²) in [5, 5.41) is 21.5. The van der Waals surface area contributed by atoms with Crippen LogP contribution in [-0.2, 0) is 6.18 Å². The molecule has 0 spiro atoms. The molecular weight excluding hydrogens is 527 g/mol. The molecule has 2 aromatic carbocycles. The number of rotatable bonds is 11. The average molecular weight is 558 g/mol. The maximum atomic E-state index is 13.5. The third-order valence-electron chi connectivity index (χ3n) is 5.95. The highest BCUT2D eigenvalue weighted by Crippen LogP contribution is 2.42. The molecule has 1 atom stereocenters. The molecular formula is C26H31ClF3N3O3S. The number of halogens is 4. The second-order valence-corrected chi connectivity index (χ2v) is 10.8. The summed E-state index contributed by atoms with van der Waals surface area (Å²) < 4.78 is 40.5. The topological polar surface area (TPSA) is 79.8 Å². The van der Waals surface area contributed by atoms with Gasteiger partial charge in [0.15, 0.2) is 0 Å². The number of phenolic OH excluding ortho intramolecular Hbond substituents is 1. The Labute approximate surface area is 223 Å². The summed E-state index contributed by atoms with van der Waals surface area (Å²) in [4.78, 5) is 20.0. The quantitative estimate of drug-likeness (QED) is 0.278. The van der Waals surface area contributed by atoms with Crippen molar-refractivity contribution < 1.29 is 23.4 Å². The second kappa shape index (κ2) is 12.5. The van der Waals surface area contributed by atoms with Gasteiger partial charge in [-0.1, -0.05) is 11.6 Å². The first-order valence-electron chi connectivity index (χ1n) is 11.8. The van der Waals surface area contributed by atoms with E-state index < -0.39 is 23.4 Å². The molecule has 0 aliphatic rings. The van der Waals surface area contributed by atoms with Gasteiger partial charge in [0.05, 0.1) is 16.6 Å². The van der Waals surface area contributed by atoms with E-state index in [0.29, 0.717) is 6.42 Å². The number of H-pyrrole nitrogens is 1. The minimum atomic E-state index is -4.60. The molecule has 3 rings (SSSR count). The van der Waals surface area contributed by atoms with Crippen LogP contribution in [0, 0.1) is 0 Å². The van der Waals surface area contributed by atoms with Crippen molar-refractivity contribution in [1.29, 1.82) is 0 Å². The lowest BCUT2D eigenvalue weighted by Gasteiger charge is -2.20. The van der Waals surface area contributed by atoms with E-state index in [4.69, 9.17) is 11.6 Å². The number of fused-ring (bicyclic) bond motifs is 1. The Kier molecular flexibility index (Phi) is 9.93. The summed E-state index contributed by atoms with van der Waals surface area (Å²) >= 11 is 7.18. The molecule has 1 aromatic heterocycles. The maximum absolute atomic E-state index is 13.5. The van der Waals surface area contributed by atoms with E-state index >= 15 is 0 Å². The number of aliphatic hydroxyl groups is 1. The molecule has 0 aliphatic carbocycles. The maximum Gasteiger partial charge on any atom is 0.416 e. The van der Waals surface area contributed by atoms with Gasteiger partial charge in [-0.2, -0.15) is 13.2 Å². The number of phenols is 1. The van der Waals surface area contributed by atoms with Crippen molar-refractivity contribution in [1.82, 2.24) is 14.8 Å². The molecule has 6 nitrogen and oxygen atoms in total. The van der Waals surface area contributed by atoms with Gasteiger partial charge in [0.1, 0.15) is 5.75 Å². The normalized spacial score (nSPS) is 13.1. The average Bonchev–Trinajstić information content (AvgIpc) is 2.82. The van der Waals surface area contributed by atoms with Crippen molar-refractivity contribution in [3.05, 3.63) is 57.3 Å². The molecule has 11 heteroatoms. The van der Waals surface area contributed by atoms with Gasteiger partial charge >= 0.3 is 6.18 Å². The van der Waals surface area contributed by atoms with Crippen molar-refractivity contribution in [2.75, 3.05) is 46.5 Å². The Morgan fingerprint density at radius 2 is 1.81 bits per heavy atom. The number of hydrogen-bond acceptors (Lipinski definition) is 6. The van der Waals surface area contributed by atoms with Crippen LogP contribution in [0.25, 0.3) is 22.0 Å². The fraction of sp³-hybridized carbons (Fsp3) is 0.423. The van der Waals surface area contributed by atoms with E-state index in [1.807, 2.05) is 21.1 Å². The van der Waals surface area contributed by atoms with E-state index in [1.165, 1.54) is 24.3 Å². The molecule has 0 saturated heterocycles. The highest BCUT2D eigenvalue weighted by molar-refractivity contribution is 7.99. The molecule has 3 aromatic rings. The molecule has 3 N–H and O–H groups in total. The Bertz CT molecular complexity index is 1280. The monoisotopic (exact) mass is 557 g/mol. The number of alkyl halides is 3. The smallest absolute Gasteiger partial charge is 0.416 e. The van der Waals surface area contributed by atoms with Crippen molar-refractivity contribution in [2.24, 2.45) is 0 Å². The van der Waals surface area contributed by atoms with Gasteiger partial charge < -0.3 is 25.0 Å². The zero-order chi connectivity index (χ0) is 27.3. The fourth-order valence-corrected chi connectivity index (χ4v) is 5.15. The van der Waals surface area contributed by atoms with E-state index in [-0.39, 0.29) is 43.5 Å². The summed E-state index contributed by atoms with van der Waals surface area (Å²) in [5.74, 6) is -0.0691. The molecule has 0 bridgehead atoms. The molecule has 1 unspecified atom stereocenters. The number of thioether (sulfide) groups is 1. The predicted molar refractivity (Wildman–Crippen MR) is 144 cm³/mol. The summed E-state index contributed by atoms with van der Waals surface area (Å²) in [5.41, 5.74) is -0.933. The third-order valence-corrected chi connectivity index (χ3v) is 7.42. The summed E-state index contributed by atoms with van der Waals surface area (Å²) in [6.07, 6.45) is -4.08. The van der Waals surface area contributed by atoms with Crippen LogP contribution in [0.3, 0.4) is 0 Å². The van der Waals surface area contributed by atoms with Gasteiger partial charge in [0.2, 0.25) is 0 Å². The lowest BCUT2D eigenvalue weighted by Crippen LogP contribution is -2.29. The first-order valence-corrected chi connectivity index (χ1v) is 13.1. The molecule has 0 radical (unpaired) electrons. The van der Waals surface area contributed by atoms with E-state index in [1.54, 1.807) is 0 Å². The van der Waals surface area contributed by atoms with Gasteiger partial charge in [-0.25, -0.2) is 0 Å². The number of pyridine rings is 1. The molecule has 1 heterocycles. The number of aromatic hydroxyl groups is 1. The first-order chi connectivity index (χ1) is 17.4. The Morgan fingerprint density at radius 1 is 1.08 bits per heavy atom. The lowest BCUT2D eigenvalue weighted by molar-refractivity contribution is -0.137. The van der Waals surface area contributed by atoms with Crippen LogP contribution in [0.2, 0.25) is 5.02 Å². The van der Waals surface area contributed by atoms with Crippen molar-refractivity contribution in [3.8, 4) is 16.9 Å². The number of nitrogens with zero attached hydrogens (tertiary/aromatic N) is 2. The van der Waals surface area contributed by atoms with Crippen LogP contribution in [0.1, 0.15) is 18.4 Å². The van der Waals surface area contributed by atoms with E-state index in [0.717, 1.165) is 49.9 Å². The lowest BCUT2D eigenvalue weighted by atomic mass is 9.98. The number of aliphatic hydroxyl groups excluding tert-OH is 1. The Morgan fingerprint density at radius 3 is 2.49 bits per heavy atom. The minimum absolute atomic E-state index is 0.103. The zero-order valence-corrected chi connectivity index (χ0v) is 22.5. The number of aromatic nitrogens is 1. The molecule has 0 amide bonds. The third kappa shape index (κ3) is 7.87. The molecule has 202 valence electrons. The van der Waals surface area contributed by atoms with Gasteiger partial charge in [0.25, 0.3) is 5.56 Å². The largest absolute Gasteiger partial charge is 0.507 e. The van der Waals surface area contributed by atoms with Crippen LogP contribution >= 0.6 is 23.4 Å². The highest BCUT2D eigenvalue weighted by Gasteiger charge is 2.31. The van der Waals surface area contributed by atoms with Gasteiger partial charge in [-0.05, 0) is 76.9 Å². The predicted octanol–water partition coefficient (Wildman–Crippen LogP) is 5.30. The van der Waals surface area contributed by atoms with E-state index in [9.17, 15) is 28.2 Å². The first kappa shape index (κ1) is 29.3. The van der Waals surface area contributed by atoms with Crippen molar-refractivity contribution >= 4 is 34.3 Å². The van der Waals surface area contributed by atoms with Crippen LogP contribution in [0.15, 0.2) is 46.1 Å². The summed E-state index contributed by atoms with van der Waals surface area (Å²) in [7, 11) is 6.02. The molecule has 0 saturated carbocycles. The number of nitrogens with one attached hydrogen (secondary N) is 1. The van der Waals surface area contributed by atoms with Gasteiger partial charge in [0, 0.05) is 45.9 Å². The van der Waals surface area contributed by atoms with Crippen LogP contribution < -0.4 is 5.56 Å². The number of aromatic amines is 1. The van der Waals surface area contributed by atoms with Crippen LogP contribution in [0.5, 0.6) is 5.75 Å². The fourth-order valence-electron chi connectivity index (χ4n) is 3.91. The summed E-state index contributed by atoms with van der Waals surface area (Å²) in [6.45, 7) is 2.62. The van der Waals surface area contributed by atoms with Crippen LogP contribution in [0.4, 0.5) is 13.2 Å². The van der Waals surface area contributed by atoms with Crippen molar-refractivity contribution in [3.63, 3.8) is 0 Å². The van der Waals surface area contributed by atoms with Crippen molar-refractivity contribution in [2.45, 2.75) is 30.0 Å². The standard InChI is InChI=1S/C26H31ClF3N3O3S/c1-32(2)11-12-33(3)10-4-5-18(34)15-37-24-23(20-14-17(27)7-9-22(20)35)19-13-16(26(28,29)30)6-8-21(19)31-25(24)36/h6-9,13-14,18,34-35H,4-5,10-12,15H2,1-3H3,(H,31,36). The van der Waals surface area contributed by atoms with Crippen LogP contribution in [-0.4, -0.2) is 77.6 Å². The second-order valence-electron chi connectivity index (χ2n) is 9.29. The van der Waals surface area contributed by atoms with E-state index in [2.05, 4.69) is 14.8 Å². The van der Waals surface area contributed by atoms with Gasteiger partial charge in [-0.3, -0.25) is 4.79 Å². The Balaban J connectivity index is 1.91. The number of likely N-dealkylation sites (N-methyl/N-ethyl adjacent to an activating group) is 2. The SMILES string of the molecule is CN(C)CCN(C)CCCC(O)CSc1c(-c2cc(Cl)ccc2O)c2cc(C(F)(F)F)ccc2[nH]c1=O. The van der Waals surface area contributed by atoms with Gasteiger partial charge in [-0.15, -0.1) is 11.8 Å². The summed E-state index contributed by atoms with van der Waals surface area (Å²) in [6, 6.07) is 7.23.